The zero-order chi connectivity index (χ0) is 22.8. The molecule has 0 saturated heterocycles. The predicted molar refractivity (Wildman–Crippen MR) is 112 cm³/mol. The monoisotopic (exact) mass is 452 g/mol. The fraction of sp³-hybridized carbons (Fsp3) is 0.304. The molecule has 10 heteroatoms. The van der Waals surface area contributed by atoms with Crippen molar-refractivity contribution in [3.8, 4) is 11.8 Å². The Balaban J connectivity index is 1.50. The van der Waals surface area contributed by atoms with Gasteiger partial charge in [0.25, 0.3) is 5.78 Å². The van der Waals surface area contributed by atoms with Crippen molar-refractivity contribution in [2.24, 2.45) is 5.41 Å². The van der Waals surface area contributed by atoms with Gasteiger partial charge >= 0.3 is 6.18 Å². The van der Waals surface area contributed by atoms with E-state index in [1.807, 2.05) is 11.0 Å². The van der Waals surface area contributed by atoms with E-state index in [0.29, 0.717) is 41.2 Å². The third-order valence-electron chi connectivity index (χ3n) is 6.27. The molecule has 2 aliphatic rings. The quantitative estimate of drug-likeness (QED) is 0.312. The van der Waals surface area contributed by atoms with Crippen LogP contribution in [0.3, 0.4) is 0 Å². The van der Waals surface area contributed by atoms with E-state index < -0.39 is 17.4 Å². The van der Waals surface area contributed by atoms with Crippen LogP contribution in [0.2, 0.25) is 0 Å². The van der Waals surface area contributed by atoms with Crippen molar-refractivity contribution in [3.05, 3.63) is 53.7 Å². The van der Waals surface area contributed by atoms with Crippen LogP contribution in [0, 0.1) is 23.1 Å². The van der Waals surface area contributed by atoms with Gasteiger partial charge in [-0.1, -0.05) is 17.9 Å². The fourth-order valence-corrected chi connectivity index (χ4v) is 4.36. The second kappa shape index (κ2) is 6.88. The third-order valence-corrected chi connectivity index (χ3v) is 6.27. The largest absolute Gasteiger partial charge is 0.405 e. The van der Waals surface area contributed by atoms with E-state index in [0.717, 1.165) is 23.9 Å². The number of aromatic nitrogens is 5. The summed E-state index contributed by atoms with van der Waals surface area (Å²) in [4.78, 5) is 10.7. The van der Waals surface area contributed by atoms with Crippen LogP contribution in [-0.2, 0) is 6.42 Å². The Kier molecular flexibility index (Phi) is 4.15. The van der Waals surface area contributed by atoms with Crippen LogP contribution in [0.15, 0.2) is 36.8 Å². The van der Waals surface area contributed by atoms with E-state index in [4.69, 9.17) is 0 Å². The van der Waals surface area contributed by atoms with Crippen LogP contribution in [0.4, 0.5) is 29.1 Å². The molecule has 1 aliphatic heterocycles. The average molecular weight is 452 g/mol. The van der Waals surface area contributed by atoms with Crippen LogP contribution < -0.4 is 4.90 Å². The number of hydrogen-bond donors (Lipinski definition) is 0. The number of nitrogens with zero attached hydrogens (tertiary/aromatic N) is 6. The summed E-state index contributed by atoms with van der Waals surface area (Å²) in [5.41, 5.74) is 0.793. The molecule has 0 amide bonds. The molecule has 1 aliphatic carbocycles. The van der Waals surface area contributed by atoms with Crippen molar-refractivity contribution in [2.75, 3.05) is 11.4 Å². The van der Waals surface area contributed by atoms with E-state index in [2.05, 4.69) is 32.0 Å². The zero-order valence-corrected chi connectivity index (χ0v) is 17.2. The summed E-state index contributed by atoms with van der Waals surface area (Å²) in [6.07, 6.45) is -0.250. The second-order valence-corrected chi connectivity index (χ2v) is 8.35. The normalized spacial score (nSPS) is 17.0. The first kappa shape index (κ1) is 19.9. The molecule has 33 heavy (non-hydrogen) atoms. The molecule has 4 heterocycles. The highest BCUT2D eigenvalue weighted by Gasteiger charge is 2.62. The highest BCUT2D eigenvalue weighted by Crippen LogP contribution is 2.57. The maximum atomic E-state index is 14.1. The number of fused-ring (bicyclic) bond motifs is 4. The van der Waals surface area contributed by atoms with Gasteiger partial charge in [0, 0.05) is 17.8 Å². The molecule has 0 bridgehead atoms. The minimum absolute atomic E-state index is 0.0392. The Labute approximate surface area is 185 Å². The first-order valence-electron chi connectivity index (χ1n) is 10.5. The van der Waals surface area contributed by atoms with Gasteiger partial charge in [-0.05, 0) is 49.4 Å². The third kappa shape index (κ3) is 3.10. The lowest BCUT2D eigenvalue weighted by Crippen LogP contribution is -2.26. The molecule has 6 nitrogen and oxygen atoms in total. The summed E-state index contributed by atoms with van der Waals surface area (Å²) in [7, 11) is 0. The number of benzene rings is 1. The number of alkyl halides is 3. The van der Waals surface area contributed by atoms with E-state index in [1.165, 1.54) is 12.4 Å². The fourth-order valence-electron chi connectivity index (χ4n) is 4.36. The molecule has 0 radical (unpaired) electrons. The van der Waals surface area contributed by atoms with Gasteiger partial charge in [-0.25, -0.2) is 13.8 Å². The molecule has 0 atom stereocenters. The van der Waals surface area contributed by atoms with E-state index in [9.17, 15) is 17.6 Å². The van der Waals surface area contributed by atoms with Crippen molar-refractivity contribution in [1.29, 1.82) is 0 Å². The summed E-state index contributed by atoms with van der Waals surface area (Å²) in [5, 5.41) is 8.39. The minimum Gasteiger partial charge on any atom is -0.325 e. The van der Waals surface area contributed by atoms with Crippen molar-refractivity contribution < 1.29 is 17.6 Å². The Hall–Kier alpha value is -3.74. The Morgan fingerprint density at radius 1 is 1.15 bits per heavy atom. The molecule has 1 saturated carbocycles. The number of halogens is 4. The molecule has 0 unspecified atom stereocenters. The van der Waals surface area contributed by atoms with Crippen LogP contribution in [0.5, 0.6) is 0 Å². The Bertz CT molecular complexity index is 1480. The number of anilines is 2. The van der Waals surface area contributed by atoms with Gasteiger partial charge < -0.3 is 4.90 Å². The number of rotatable bonds is 1. The van der Waals surface area contributed by atoms with Gasteiger partial charge in [0.1, 0.15) is 23.4 Å². The number of pyridine rings is 1. The lowest BCUT2D eigenvalue weighted by Gasteiger charge is -2.31. The molecule has 1 fully saturated rings. The highest BCUT2D eigenvalue weighted by atomic mass is 19.4. The maximum absolute atomic E-state index is 14.1. The standard InChI is InChI=1S/C23H16F4N6/c24-15-11-17-19(28-12-15)33-13-29-31-21(33)30-20(17)32-10-2-4-16-14(3-1-5-18(16)32)6-7-22(8-9-22)23(25,26)27/h1,3,5,11-13H,2,4,8-10H2. The molecular weight excluding hydrogens is 436 g/mol. The van der Waals surface area contributed by atoms with Crippen LogP contribution >= 0.6 is 0 Å². The maximum Gasteiger partial charge on any atom is 0.405 e. The van der Waals surface area contributed by atoms with E-state index in [-0.39, 0.29) is 12.8 Å². The molecule has 0 N–H and O–H groups in total. The summed E-state index contributed by atoms with van der Waals surface area (Å²) in [6, 6.07) is 6.76. The number of hydrogen-bond acceptors (Lipinski definition) is 5. The summed E-state index contributed by atoms with van der Waals surface area (Å²) < 4.78 is 55.7. The van der Waals surface area contributed by atoms with Crippen molar-refractivity contribution in [1.82, 2.24) is 24.6 Å². The van der Waals surface area contributed by atoms with Crippen molar-refractivity contribution in [2.45, 2.75) is 31.9 Å². The topological polar surface area (TPSA) is 59.2 Å². The van der Waals surface area contributed by atoms with Gasteiger partial charge in [-0.3, -0.25) is 0 Å². The smallest absolute Gasteiger partial charge is 0.325 e. The molecule has 1 aromatic carbocycles. The first-order chi connectivity index (χ1) is 15.9. The average Bonchev–Trinajstić information content (AvgIpc) is 3.46. The summed E-state index contributed by atoms with van der Waals surface area (Å²) in [6.45, 7) is 0.597. The highest BCUT2D eigenvalue weighted by molar-refractivity contribution is 5.92. The van der Waals surface area contributed by atoms with Crippen LogP contribution in [0.1, 0.15) is 30.4 Å². The molecule has 3 aromatic heterocycles. The van der Waals surface area contributed by atoms with Gasteiger partial charge in [-0.15, -0.1) is 10.2 Å². The van der Waals surface area contributed by atoms with Gasteiger partial charge in [0.2, 0.25) is 0 Å². The van der Waals surface area contributed by atoms with Crippen molar-refractivity contribution in [3.63, 3.8) is 0 Å². The van der Waals surface area contributed by atoms with Gasteiger partial charge in [0.15, 0.2) is 5.65 Å². The van der Waals surface area contributed by atoms with E-state index >= 15 is 0 Å². The lowest BCUT2D eigenvalue weighted by molar-refractivity contribution is -0.168. The van der Waals surface area contributed by atoms with Crippen molar-refractivity contribution >= 4 is 28.3 Å². The Morgan fingerprint density at radius 3 is 2.79 bits per heavy atom. The minimum atomic E-state index is -4.32. The summed E-state index contributed by atoms with van der Waals surface area (Å²) in [5.74, 6) is 5.60. The SMILES string of the molecule is Fc1cnc2c(c1)c(N1CCCc3c(C#CC4(C(F)(F)F)CC4)cccc31)nc1nncn12. The summed E-state index contributed by atoms with van der Waals surface area (Å²) >= 11 is 0. The zero-order valence-electron chi connectivity index (χ0n) is 17.2. The van der Waals surface area contributed by atoms with Crippen LogP contribution in [-0.4, -0.2) is 37.3 Å². The lowest BCUT2D eigenvalue weighted by atomic mass is 9.95. The Morgan fingerprint density at radius 2 is 2.00 bits per heavy atom. The molecule has 0 spiro atoms. The molecule has 166 valence electrons. The first-order valence-corrected chi connectivity index (χ1v) is 10.5. The van der Waals surface area contributed by atoms with E-state index in [1.54, 1.807) is 16.5 Å². The van der Waals surface area contributed by atoms with Crippen LogP contribution in [0.25, 0.3) is 16.8 Å². The molecular formula is C23H16F4N6. The second-order valence-electron chi connectivity index (χ2n) is 8.35. The van der Waals surface area contributed by atoms with Gasteiger partial charge in [0.05, 0.1) is 11.6 Å². The predicted octanol–water partition coefficient (Wildman–Crippen LogP) is 4.59. The van der Waals surface area contributed by atoms with Gasteiger partial charge in [-0.2, -0.15) is 18.2 Å². The molecule has 4 aromatic rings. The molecule has 6 rings (SSSR count).